The number of carbonyl (C=O) groups excluding carboxylic acids is 16. The summed E-state index contributed by atoms with van der Waals surface area (Å²) in [7, 11) is 6.78. The summed E-state index contributed by atoms with van der Waals surface area (Å²) >= 11 is 0.857. The van der Waals surface area contributed by atoms with Crippen molar-refractivity contribution in [3.05, 3.63) is 203 Å². The predicted octanol–water partition coefficient (Wildman–Crippen LogP) is 3.74. The summed E-state index contributed by atoms with van der Waals surface area (Å²) in [6.07, 6.45) is -0.848. The van der Waals surface area contributed by atoms with Gasteiger partial charge >= 0.3 is 0 Å². The average molecular weight is 1780 g/mol. The van der Waals surface area contributed by atoms with Gasteiger partial charge in [0.05, 0.1) is 30.8 Å². The van der Waals surface area contributed by atoms with Crippen molar-refractivity contribution >= 4 is 117 Å². The third-order valence-corrected chi connectivity index (χ3v) is 23.7. The molecule has 0 aliphatic carbocycles. The highest BCUT2D eigenvalue weighted by Gasteiger charge is 2.42. The largest absolute Gasteiger partial charge is 0.508 e. The number of likely N-dealkylation sites (N-methyl/N-ethyl adjacent to an activating group) is 5. The molecule has 2 heterocycles. The Morgan fingerprint density at radius 3 is 1.55 bits per heavy atom. The highest BCUT2D eigenvalue weighted by Crippen LogP contribution is 2.28. The topological polar surface area (TPSA) is 479 Å². The first-order valence-electron chi connectivity index (χ1n) is 42.7. The van der Waals surface area contributed by atoms with Crippen molar-refractivity contribution in [3.8, 4) is 11.5 Å². The minimum Gasteiger partial charge on any atom is -0.508 e. The average Bonchev–Trinajstić information content (AvgIpc) is 1.60. The first-order chi connectivity index (χ1) is 61.2. The summed E-state index contributed by atoms with van der Waals surface area (Å²) in [5, 5.41) is 37.9. The fourth-order valence-electron chi connectivity index (χ4n) is 15.3. The number of hydrogen-bond acceptors (Lipinski definition) is 21. The van der Waals surface area contributed by atoms with Crippen molar-refractivity contribution < 1.29 is 91.7 Å². The Morgan fingerprint density at radius 2 is 0.984 bits per heavy atom. The molecule has 11 atom stereocenters. The monoisotopic (exact) mass is 1780 g/mol. The fourth-order valence-corrected chi connectivity index (χ4v) is 16.2. The normalized spacial score (nSPS) is 22.1. The number of para-hydroxylation sites is 1. The van der Waals surface area contributed by atoms with Crippen LogP contribution in [0.15, 0.2) is 170 Å². The van der Waals surface area contributed by atoms with Gasteiger partial charge in [-0.3, -0.25) is 76.7 Å². The number of primary amides is 1. The van der Waals surface area contributed by atoms with E-state index in [4.69, 9.17) is 16.2 Å². The second-order valence-electron chi connectivity index (χ2n) is 32.7. The molecule has 8 rings (SSSR count). The number of hydrogen-bond donors (Lipinski definition) is 11. The number of fused-ring (bicyclic) bond motifs is 1. The summed E-state index contributed by atoms with van der Waals surface area (Å²) < 4.78 is 5.15. The number of thioether (sulfide) groups is 1. The molecule has 128 heavy (non-hydrogen) atoms. The number of amides is 12. The van der Waals surface area contributed by atoms with Gasteiger partial charge in [-0.25, -0.2) is 0 Å². The summed E-state index contributed by atoms with van der Waals surface area (Å²) in [4.78, 5) is 243. The molecule has 12 amide bonds. The number of nitrogens with two attached hydrogens (primary N) is 2. The zero-order valence-electron chi connectivity index (χ0n) is 73.4. The molecule has 34 heteroatoms. The fraction of sp³-hybridized carbons (Fsp3) is 0.426. The molecule has 0 unspecified atom stereocenters. The number of carbonyl (C=O) groups is 16. The number of phenolic OH excluding ortho intramolecular Hbond substituents is 2. The Kier molecular flexibility index (Phi) is 38.9. The van der Waals surface area contributed by atoms with E-state index in [2.05, 4.69) is 36.9 Å². The van der Waals surface area contributed by atoms with Crippen molar-refractivity contribution in [2.75, 3.05) is 73.0 Å². The van der Waals surface area contributed by atoms with Crippen LogP contribution in [0.25, 0.3) is 10.9 Å². The Balaban J connectivity index is 1.20. The SMILES string of the molecule is CCCC[C@H]1C(=O)N(C)CC(=O)C[C@@H](COC=O)C(=O)C[C@@H](C(C)C)C(=O)N(C)[C@@H](Cc2ccccc2)C(=O)N[C@@H](Cc2ccc(O)cc2)C(=O)N(C)CC(=O)N[C@@H](Cc2c[nH]c3ccccc23)C(=O)N[C@@H](Cc2ccc(O)cc2)C(=O)N[C@@H](CCN)C(=O)N[C@H](C(=O)CCC(N)=O)CSCC(=O)N[C@@H](Cc2ccccc2)C(=O)N(C)[C@@H](Cc2ccccc2)C(=O)N1C. The number of aromatic hydroxyl groups is 2. The first kappa shape index (κ1) is 100. The van der Waals surface area contributed by atoms with Crippen LogP contribution in [0.4, 0.5) is 0 Å². The molecule has 684 valence electrons. The molecule has 0 bridgehead atoms. The number of Topliss-reactive ketones (excluding diaryl/α,β-unsaturated/α-hetero) is 3. The molecule has 0 spiro atoms. The van der Waals surface area contributed by atoms with Gasteiger partial charge in [0.15, 0.2) is 11.6 Å². The van der Waals surface area contributed by atoms with Crippen LogP contribution in [0, 0.1) is 17.8 Å². The quantitative estimate of drug-likeness (QED) is 0.0363. The molecule has 13 N–H and O–H groups in total. The van der Waals surface area contributed by atoms with E-state index in [0.29, 0.717) is 57.1 Å². The van der Waals surface area contributed by atoms with Gasteiger partial charge in [-0.2, -0.15) is 0 Å². The Hall–Kier alpha value is -13.1. The minimum atomic E-state index is -1.61. The van der Waals surface area contributed by atoms with Crippen LogP contribution in [-0.2, 0) is 120 Å². The molecule has 1 aliphatic rings. The molecular formula is C94H118N14O19S. The van der Waals surface area contributed by atoms with E-state index < -0.39 is 211 Å². The smallest absolute Gasteiger partial charge is 0.293 e. The number of rotatable bonds is 25. The maximum atomic E-state index is 15.5. The summed E-state index contributed by atoms with van der Waals surface area (Å²) in [6, 6.07) is 31.3. The van der Waals surface area contributed by atoms with Crippen LogP contribution in [0.3, 0.4) is 0 Å². The van der Waals surface area contributed by atoms with Gasteiger partial charge in [-0.05, 0) is 89.0 Å². The lowest BCUT2D eigenvalue weighted by molar-refractivity contribution is -0.151. The lowest BCUT2D eigenvalue weighted by Gasteiger charge is -2.37. The zero-order chi connectivity index (χ0) is 93.3. The van der Waals surface area contributed by atoms with Crippen molar-refractivity contribution in [3.63, 3.8) is 0 Å². The van der Waals surface area contributed by atoms with E-state index in [-0.39, 0.29) is 81.6 Å². The summed E-state index contributed by atoms with van der Waals surface area (Å²) in [5.41, 5.74) is 15.4. The van der Waals surface area contributed by atoms with E-state index in [9.17, 15) is 48.6 Å². The molecule has 6 aromatic carbocycles. The molecule has 0 radical (unpaired) electrons. The zero-order valence-corrected chi connectivity index (χ0v) is 74.3. The van der Waals surface area contributed by atoms with E-state index >= 15 is 38.4 Å². The van der Waals surface area contributed by atoms with Crippen molar-refractivity contribution in [2.45, 2.75) is 165 Å². The summed E-state index contributed by atoms with van der Waals surface area (Å²) in [5.74, 6) is -16.3. The van der Waals surface area contributed by atoms with Crippen LogP contribution in [-0.4, -0.2) is 262 Å². The number of H-pyrrole nitrogens is 1. The molecule has 1 aliphatic heterocycles. The van der Waals surface area contributed by atoms with Gasteiger partial charge in [0.1, 0.15) is 72.2 Å². The minimum absolute atomic E-state index is 0.0820. The Morgan fingerprint density at radius 1 is 0.500 bits per heavy atom. The van der Waals surface area contributed by atoms with E-state index in [0.717, 1.165) is 26.5 Å². The van der Waals surface area contributed by atoms with Crippen LogP contribution in [0.2, 0.25) is 0 Å². The van der Waals surface area contributed by atoms with Gasteiger partial charge in [0.25, 0.3) is 6.47 Å². The Bertz CT molecular complexity index is 4990. The number of nitrogens with one attached hydrogen (secondary N) is 7. The lowest BCUT2D eigenvalue weighted by atomic mass is 9.84. The van der Waals surface area contributed by atoms with Crippen molar-refractivity contribution in [1.82, 2.24) is 61.4 Å². The lowest BCUT2D eigenvalue weighted by Crippen LogP contribution is -2.59. The van der Waals surface area contributed by atoms with E-state index in [1.165, 1.54) is 93.6 Å². The number of unbranched alkanes of at least 4 members (excludes halogenated alkanes) is 1. The highest BCUT2D eigenvalue weighted by atomic mass is 32.2. The molecule has 0 saturated carbocycles. The maximum Gasteiger partial charge on any atom is 0.293 e. The maximum absolute atomic E-state index is 15.5. The van der Waals surface area contributed by atoms with Crippen molar-refractivity contribution in [2.24, 2.45) is 29.2 Å². The van der Waals surface area contributed by atoms with Crippen LogP contribution < -0.4 is 43.4 Å². The third kappa shape index (κ3) is 30.0. The number of nitrogens with zero attached hydrogens (tertiary/aromatic N) is 5. The standard InChI is InChI=1S/C94H118N14O19S/c1-9-10-30-78-93(125)104(4)52-68(112)48-65(54-127-57-109)82(114)50-70(58(2)3)90(122)107(7)79(46-60-24-16-12-17-25-60)89(121)102-75(45-63-33-37-67(111)38-34-63)91(123)105(5)53-84(116)98-74(49-64-51-97-71-29-21-20-28-69(64)71)88(120)101-73(43-62-31-35-66(110)36-32-62)87(119)100-72(41-42-95)86(118)103-77(81(113)39-40-83(96)115)55-128-56-85(117)99-76(44-59-22-14-11-15-23-59)92(124)108(8)80(94(126)106(78)6)47-61-26-18-13-19-27-61/h11-29,31-38,51,57-58,65,70,72-80,97,110-111H,9-10,30,39-50,52-56,95H2,1-8H3,(H2,96,115)(H,98,116)(H,99,117)(H,100,119)(H,101,120)(H,102,121)(H,103,118)/t65-,70-,72-,73-,74-,75-,76-,77-,78-,79-,80-/m0/s1. The number of ketones is 3. The van der Waals surface area contributed by atoms with Crippen LogP contribution in [0.1, 0.15) is 106 Å². The number of aromatic nitrogens is 1. The number of aromatic amines is 1. The molecule has 1 fully saturated rings. The summed E-state index contributed by atoms with van der Waals surface area (Å²) in [6.45, 7) is 3.08. The highest BCUT2D eigenvalue weighted by molar-refractivity contribution is 8.00. The van der Waals surface area contributed by atoms with Gasteiger partial charge in [0, 0.05) is 128 Å². The second kappa shape index (κ2) is 49.7. The van der Waals surface area contributed by atoms with Gasteiger partial charge in [0.2, 0.25) is 70.9 Å². The third-order valence-electron chi connectivity index (χ3n) is 22.7. The van der Waals surface area contributed by atoms with Gasteiger partial charge in [-0.15, -0.1) is 11.8 Å². The van der Waals surface area contributed by atoms with Crippen molar-refractivity contribution in [1.29, 1.82) is 0 Å². The molecular weight excluding hydrogens is 1660 g/mol. The number of ether oxygens (including phenoxy) is 1. The van der Waals surface area contributed by atoms with E-state index in [1.807, 2.05) is 6.92 Å². The number of phenols is 2. The van der Waals surface area contributed by atoms with Gasteiger partial charge in [-0.1, -0.05) is 167 Å². The van der Waals surface area contributed by atoms with Crippen LogP contribution >= 0.6 is 11.8 Å². The number of benzene rings is 6. The first-order valence-corrected chi connectivity index (χ1v) is 43.8. The van der Waals surface area contributed by atoms with E-state index in [1.54, 1.807) is 135 Å². The molecule has 1 aromatic heterocycles. The van der Waals surface area contributed by atoms with Gasteiger partial charge < -0.3 is 87.8 Å². The second-order valence-corrected chi connectivity index (χ2v) is 33.7. The van der Waals surface area contributed by atoms with Crippen LogP contribution in [0.5, 0.6) is 11.5 Å². The molecule has 33 nitrogen and oxygen atoms in total. The Labute approximate surface area is 748 Å². The molecule has 7 aromatic rings. The predicted molar refractivity (Wildman–Crippen MR) is 480 cm³/mol. The molecule has 1 saturated heterocycles.